The highest BCUT2D eigenvalue weighted by atomic mass is 16.1. The second kappa shape index (κ2) is 7.63. The predicted octanol–water partition coefficient (Wildman–Crippen LogP) is 5.25. The van der Waals surface area contributed by atoms with Gasteiger partial charge in [0.1, 0.15) is 0 Å². The molecule has 3 heteroatoms. The first kappa shape index (κ1) is 16.7. The summed E-state index contributed by atoms with van der Waals surface area (Å²) >= 11 is 0. The Morgan fingerprint density at radius 2 is 1.40 bits per heavy atom. The summed E-state index contributed by atoms with van der Waals surface area (Å²) in [5, 5.41) is 0. The highest BCUT2D eigenvalue weighted by Crippen LogP contribution is 2.31. The molecule has 1 aromatic heterocycles. The Labute approximate surface area is 150 Å². The van der Waals surface area contributed by atoms with Crippen LogP contribution in [0.3, 0.4) is 0 Å². The third kappa shape index (κ3) is 3.61. The van der Waals surface area contributed by atoms with Crippen molar-refractivity contribution in [3.05, 3.63) is 58.3 Å². The van der Waals surface area contributed by atoms with E-state index in [1.54, 1.807) is 0 Å². The maximum atomic E-state index is 13.3. The van der Waals surface area contributed by atoms with E-state index in [-0.39, 0.29) is 5.69 Å². The lowest BCUT2D eigenvalue weighted by Crippen LogP contribution is -2.32. The number of nitrogens with zero attached hydrogens (tertiary/aromatic N) is 2. The summed E-state index contributed by atoms with van der Waals surface area (Å²) in [6.07, 6.45) is 15.4. The number of aromatic nitrogens is 2. The summed E-state index contributed by atoms with van der Waals surface area (Å²) in [5.41, 5.74) is 2.77. The van der Waals surface area contributed by atoms with E-state index in [0.717, 1.165) is 19.3 Å². The molecule has 3 nitrogen and oxygen atoms in total. The number of hydrogen-bond donors (Lipinski definition) is 0. The van der Waals surface area contributed by atoms with Crippen molar-refractivity contribution in [1.82, 2.24) is 9.13 Å². The topological polar surface area (TPSA) is 26.9 Å². The molecule has 25 heavy (non-hydrogen) atoms. The van der Waals surface area contributed by atoms with Gasteiger partial charge in [-0.25, -0.2) is 4.79 Å². The lowest BCUT2D eigenvalue weighted by molar-refractivity contribution is 0.318. The largest absolute Gasteiger partial charge is 0.328 e. The lowest BCUT2D eigenvalue weighted by atomic mass is 9.95. The van der Waals surface area contributed by atoms with Crippen molar-refractivity contribution in [3.8, 4) is 0 Å². The van der Waals surface area contributed by atoms with Crippen molar-refractivity contribution in [2.45, 2.75) is 82.7 Å². The van der Waals surface area contributed by atoms with E-state index in [1.807, 2.05) is 0 Å². The van der Waals surface area contributed by atoms with E-state index in [4.69, 9.17) is 0 Å². The van der Waals surface area contributed by atoms with Crippen LogP contribution >= 0.6 is 0 Å². The van der Waals surface area contributed by atoms with Crippen LogP contribution in [0.15, 0.2) is 41.3 Å². The fourth-order valence-corrected chi connectivity index (χ4v) is 4.81. The van der Waals surface area contributed by atoms with Gasteiger partial charge in [0.25, 0.3) is 0 Å². The van der Waals surface area contributed by atoms with Crippen molar-refractivity contribution in [2.24, 2.45) is 0 Å². The van der Waals surface area contributed by atoms with Gasteiger partial charge in [-0.2, -0.15) is 0 Å². The second-order valence-electron chi connectivity index (χ2n) is 7.93. The monoisotopic (exact) mass is 338 g/mol. The third-order valence-corrected chi connectivity index (χ3v) is 6.16. The zero-order chi connectivity index (χ0) is 17.1. The Bertz CT molecular complexity index is 731. The second-order valence-corrected chi connectivity index (χ2v) is 7.93. The smallest absolute Gasteiger partial charge is 0.296 e. The van der Waals surface area contributed by atoms with Gasteiger partial charge in [-0.15, -0.1) is 0 Å². The highest BCUT2D eigenvalue weighted by Gasteiger charge is 2.25. The van der Waals surface area contributed by atoms with Gasteiger partial charge < -0.3 is 0 Å². The molecule has 0 radical (unpaired) electrons. The van der Waals surface area contributed by atoms with Crippen LogP contribution in [-0.2, 0) is 6.42 Å². The molecular formula is C22H30N2O. The number of hydrogen-bond acceptors (Lipinski definition) is 1. The molecule has 1 heterocycles. The van der Waals surface area contributed by atoms with Crippen LogP contribution in [0.2, 0.25) is 0 Å². The fraction of sp³-hybridized carbons (Fsp3) is 0.591. The standard InChI is InChI=1S/C22H30N2O/c25-22-23(19-12-6-2-7-13-19)17-21(16-18-10-4-1-5-11-18)24(22)20-14-8-3-9-15-20/h1,4-5,10-11,17,19-20H,2-3,6-9,12-16H2. The Hall–Kier alpha value is -1.77. The number of benzene rings is 1. The van der Waals surface area contributed by atoms with E-state index < -0.39 is 0 Å². The van der Waals surface area contributed by atoms with E-state index in [1.165, 1.54) is 62.6 Å². The average Bonchev–Trinajstić information content (AvgIpc) is 3.00. The molecule has 0 N–H and O–H groups in total. The molecule has 2 aromatic rings. The van der Waals surface area contributed by atoms with Crippen LogP contribution < -0.4 is 5.69 Å². The molecule has 0 amide bonds. The van der Waals surface area contributed by atoms with Crippen LogP contribution in [0.1, 0.15) is 87.5 Å². The van der Waals surface area contributed by atoms with Crippen LogP contribution in [0.5, 0.6) is 0 Å². The van der Waals surface area contributed by atoms with Gasteiger partial charge in [-0.05, 0) is 31.2 Å². The molecular weight excluding hydrogens is 308 g/mol. The van der Waals surface area contributed by atoms with Gasteiger partial charge in [0.15, 0.2) is 0 Å². The Balaban J connectivity index is 1.70. The molecule has 2 aliphatic rings. The van der Waals surface area contributed by atoms with Gasteiger partial charge in [-0.1, -0.05) is 68.9 Å². The van der Waals surface area contributed by atoms with Gasteiger partial charge in [0.2, 0.25) is 0 Å². The minimum absolute atomic E-state index is 0.254. The molecule has 4 rings (SSSR count). The van der Waals surface area contributed by atoms with E-state index >= 15 is 0 Å². The van der Waals surface area contributed by atoms with Crippen LogP contribution in [0.4, 0.5) is 0 Å². The zero-order valence-electron chi connectivity index (χ0n) is 15.2. The lowest BCUT2D eigenvalue weighted by Gasteiger charge is -2.25. The predicted molar refractivity (Wildman–Crippen MR) is 102 cm³/mol. The normalized spacial score (nSPS) is 20.0. The molecule has 134 valence electrons. The minimum Gasteiger partial charge on any atom is -0.296 e. The molecule has 2 saturated carbocycles. The van der Waals surface area contributed by atoms with Crippen molar-refractivity contribution < 1.29 is 0 Å². The molecule has 0 spiro atoms. The summed E-state index contributed by atoms with van der Waals surface area (Å²) in [4.78, 5) is 13.3. The third-order valence-electron chi connectivity index (χ3n) is 6.16. The van der Waals surface area contributed by atoms with E-state index in [9.17, 15) is 4.79 Å². The maximum absolute atomic E-state index is 13.3. The quantitative estimate of drug-likeness (QED) is 0.748. The number of rotatable bonds is 4. The highest BCUT2D eigenvalue weighted by molar-refractivity contribution is 5.22. The van der Waals surface area contributed by atoms with Gasteiger partial charge in [-0.3, -0.25) is 9.13 Å². The summed E-state index contributed by atoms with van der Waals surface area (Å²) in [5.74, 6) is 0. The van der Waals surface area contributed by atoms with Crippen LogP contribution in [0.25, 0.3) is 0 Å². The molecule has 0 bridgehead atoms. The van der Waals surface area contributed by atoms with E-state index in [2.05, 4.69) is 45.7 Å². The molecule has 1 aromatic carbocycles. The first-order chi connectivity index (χ1) is 12.3. The molecule has 0 atom stereocenters. The summed E-state index contributed by atoms with van der Waals surface area (Å²) in [6, 6.07) is 11.4. The van der Waals surface area contributed by atoms with Crippen molar-refractivity contribution >= 4 is 0 Å². The fourth-order valence-electron chi connectivity index (χ4n) is 4.81. The zero-order valence-corrected chi connectivity index (χ0v) is 15.2. The molecule has 0 aliphatic heterocycles. The Kier molecular flexibility index (Phi) is 5.09. The first-order valence-electron chi connectivity index (χ1n) is 10.2. The minimum atomic E-state index is 0.254. The molecule has 0 unspecified atom stereocenters. The van der Waals surface area contributed by atoms with Gasteiger partial charge in [0.05, 0.1) is 0 Å². The summed E-state index contributed by atoms with van der Waals surface area (Å²) in [7, 11) is 0. The van der Waals surface area contributed by atoms with E-state index in [0.29, 0.717) is 12.1 Å². The van der Waals surface area contributed by atoms with Gasteiger partial charge >= 0.3 is 5.69 Å². The molecule has 0 saturated heterocycles. The Morgan fingerprint density at radius 3 is 2.04 bits per heavy atom. The van der Waals surface area contributed by atoms with Crippen LogP contribution in [0, 0.1) is 0 Å². The Morgan fingerprint density at radius 1 is 0.800 bits per heavy atom. The van der Waals surface area contributed by atoms with Gasteiger partial charge in [0, 0.05) is 30.4 Å². The summed E-state index contributed by atoms with van der Waals surface area (Å²) < 4.78 is 4.26. The maximum Gasteiger partial charge on any atom is 0.328 e. The SMILES string of the molecule is O=c1n(C2CCCCC2)cc(Cc2ccccc2)n1C1CCCCC1. The average molecular weight is 338 g/mol. The van der Waals surface area contributed by atoms with Crippen molar-refractivity contribution in [1.29, 1.82) is 0 Å². The number of imidazole rings is 1. The van der Waals surface area contributed by atoms with Crippen molar-refractivity contribution in [3.63, 3.8) is 0 Å². The van der Waals surface area contributed by atoms with Crippen molar-refractivity contribution in [2.75, 3.05) is 0 Å². The van der Waals surface area contributed by atoms with Crippen LogP contribution in [-0.4, -0.2) is 9.13 Å². The molecule has 2 fully saturated rings. The molecule has 2 aliphatic carbocycles. The first-order valence-corrected chi connectivity index (χ1v) is 10.2. The summed E-state index contributed by atoms with van der Waals surface area (Å²) in [6.45, 7) is 0.